The van der Waals surface area contributed by atoms with Gasteiger partial charge in [0.15, 0.2) is 11.6 Å². The number of carbonyl (C=O) groups excluding carboxylic acids is 1. The molecule has 0 radical (unpaired) electrons. The summed E-state index contributed by atoms with van der Waals surface area (Å²) in [5.41, 5.74) is 0.418. The highest BCUT2D eigenvalue weighted by Gasteiger charge is 2.29. The van der Waals surface area contributed by atoms with Crippen molar-refractivity contribution in [3.63, 3.8) is 0 Å². The van der Waals surface area contributed by atoms with Crippen LogP contribution in [0.2, 0.25) is 0 Å². The van der Waals surface area contributed by atoms with Crippen LogP contribution in [0.4, 0.5) is 14.5 Å². The molecule has 98 valence electrons. The molecule has 1 amide bonds. The van der Waals surface area contributed by atoms with Crippen LogP contribution in [0.3, 0.4) is 0 Å². The van der Waals surface area contributed by atoms with E-state index in [9.17, 15) is 13.6 Å². The molecule has 18 heavy (non-hydrogen) atoms. The standard InChI is InChI=1S/C13H16F2N2O/c1-2-16-12-4-3-7-17(13(12)18)9-5-6-10(14)11(15)8-9/h5-6,8,12,16H,2-4,7H2,1H3. The average Bonchev–Trinajstić information content (AvgIpc) is 2.36. The molecule has 1 aliphatic rings. The minimum Gasteiger partial charge on any atom is -0.311 e. The first-order valence-corrected chi connectivity index (χ1v) is 6.13. The largest absolute Gasteiger partial charge is 0.311 e. The number of hydrogen-bond acceptors (Lipinski definition) is 2. The van der Waals surface area contributed by atoms with Crippen LogP contribution in [0.15, 0.2) is 18.2 Å². The maximum Gasteiger partial charge on any atom is 0.244 e. The van der Waals surface area contributed by atoms with Crippen LogP contribution >= 0.6 is 0 Å². The van der Waals surface area contributed by atoms with Gasteiger partial charge in [-0.15, -0.1) is 0 Å². The number of nitrogens with zero attached hydrogens (tertiary/aromatic N) is 1. The molecule has 0 aliphatic carbocycles. The van der Waals surface area contributed by atoms with Crippen molar-refractivity contribution in [2.75, 3.05) is 18.0 Å². The van der Waals surface area contributed by atoms with Gasteiger partial charge in [0.1, 0.15) is 0 Å². The highest BCUT2D eigenvalue weighted by molar-refractivity contribution is 5.97. The third-order valence-corrected chi connectivity index (χ3v) is 3.10. The van der Waals surface area contributed by atoms with E-state index < -0.39 is 11.6 Å². The minimum atomic E-state index is -0.925. The SMILES string of the molecule is CCNC1CCCN(c2ccc(F)c(F)c2)C1=O. The lowest BCUT2D eigenvalue weighted by Gasteiger charge is -2.32. The predicted octanol–water partition coefficient (Wildman–Crippen LogP) is 2.07. The number of halogens is 2. The van der Waals surface area contributed by atoms with Gasteiger partial charge in [0.05, 0.1) is 6.04 Å². The summed E-state index contributed by atoms with van der Waals surface area (Å²) in [6.45, 7) is 3.19. The smallest absolute Gasteiger partial charge is 0.244 e. The molecule has 1 unspecified atom stereocenters. The molecule has 1 heterocycles. The number of benzene rings is 1. The molecule has 1 aromatic rings. The summed E-state index contributed by atoms with van der Waals surface area (Å²) < 4.78 is 26.0. The number of carbonyl (C=O) groups is 1. The number of rotatable bonds is 3. The molecule has 5 heteroatoms. The first-order chi connectivity index (χ1) is 8.63. The number of nitrogens with one attached hydrogen (secondary N) is 1. The molecule has 0 bridgehead atoms. The third-order valence-electron chi connectivity index (χ3n) is 3.10. The Labute approximate surface area is 105 Å². The molecular weight excluding hydrogens is 238 g/mol. The van der Waals surface area contributed by atoms with Gasteiger partial charge < -0.3 is 10.2 Å². The van der Waals surface area contributed by atoms with Crippen LogP contribution in [0.25, 0.3) is 0 Å². The van der Waals surface area contributed by atoms with Gasteiger partial charge in [-0.05, 0) is 31.5 Å². The fraction of sp³-hybridized carbons (Fsp3) is 0.462. The average molecular weight is 254 g/mol. The Morgan fingerprint density at radius 2 is 2.17 bits per heavy atom. The van der Waals surface area contributed by atoms with Gasteiger partial charge in [0.25, 0.3) is 0 Å². The van der Waals surface area contributed by atoms with Crippen LogP contribution in [0.5, 0.6) is 0 Å². The highest BCUT2D eigenvalue weighted by Crippen LogP contribution is 2.23. The van der Waals surface area contributed by atoms with E-state index in [1.54, 1.807) is 0 Å². The van der Waals surface area contributed by atoms with Crippen LogP contribution in [0.1, 0.15) is 19.8 Å². The molecule has 1 fully saturated rings. The minimum absolute atomic E-state index is 0.0749. The third kappa shape index (κ3) is 2.51. The van der Waals surface area contributed by atoms with Gasteiger partial charge in [-0.2, -0.15) is 0 Å². The van der Waals surface area contributed by atoms with E-state index in [-0.39, 0.29) is 11.9 Å². The first kappa shape index (κ1) is 13.0. The summed E-state index contributed by atoms with van der Waals surface area (Å²) in [7, 11) is 0. The summed E-state index contributed by atoms with van der Waals surface area (Å²) in [5.74, 6) is -1.90. The fourth-order valence-electron chi connectivity index (χ4n) is 2.22. The number of hydrogen-bond donors (Lipinski definition) is 1. The van der Waals surface area contributed by atoms with Crippen molar-refractivity contribution >= 4 is 11.6 Å². The second-order valence-corrected chi connectivity index (χ2v) is 4.34. The van der Waals surface area contributed by atoms with Gasteiger partial charge in [0.2, 0.25) is 5.91 Å². The fourth-order valence-corrected chi connectivity index (χ4v) is 2.22. The van der Waals surface area contributed by atoms with E-state index in [4.69, 9.17) is 0 Å². The Balaban J connectivity index is 2.21. The second kappa shape index (κ2) is 5.44. The predicted molar refractivity (Wildman–Crippen MR) is 65.4 cm³/mol. The Hall–Kier alpha value is -1.49. The summed E-state index contributed by atoms with van der Waals surface area (Å²) in [5, 5.41) is 3.10. The Bertz CT molecular complexity index is 449. The molecule has 1 aliphatic heterocycles. The van der Waals surface area contributed by atoms with Crippen molar-refractivity contribution in [3.05, 3.63) is 29.8 Å². The van der Waals surface area contributed by atoms with Crippen molar-refractivity contribution in [2.45, 2.75) is 25.8 Å². The molecule has 0 aromatic heterocycles. The maximum absolute atomic E-state index is 13.2. The van der Waals surface area contributed by atoms with Gasteiger partial charge in [-0.3, -0.25) is 4.79 Å². The molecule has 2 rings (SSSR count). The van der Waals surface area contributed by atoms with E-state index in [2.05, 4.69) is 5.32 Å². The first-order valence-electron chi connectivity index (χ1n) is 6.13. The van der Waals surface area contributed by atoms with Gasteiger partial charge >= 0.3 is 0 Å². The zero-order valence-corrected chi connectivity index (χ0v) is 10.2. The normalized spacial score (nSPS) is 20.3. The van der Waals surface area contributed by atoms with Crippen molar-refractivity contribution in [1.29, 1.82) is 0 Å². The number of piperidine rings is 1. The zero-order chi connectivity index (χ0) is 13.1. The summed E-state index contributed by atoms with van der Waals surface area (Å²) in [6.07, 6.45) is 1.63. The topological polar surface area (TPSA) is 32.3 Å². The lowest BCUT2D eigenvalue weighted by Crippen LogP contribution is -2.50. The Morgan fingerprint density at radius 3 is 2.83 bits per heavy atom. The van der Waals surface area contributed by atoms with Crippen molar-refractivity contribution in [2.24, 2.45) is 0 Å². The number of likely N-dealkylation sites (N-methyl/N-ethyl adjacent to an activating group) is 1. The monoisotopic (exact) mass is 254 g/mol. The van der Waals surface area contributed by atoms with Crippen LogP contribution in [-0.2, 0) is 4.79 Å². The van der Waals surface area contributed by atoms with Crippen molar-refractivity contribution in [3.8, 4) is 0 Å². The van der Waals surface area contributed by atoms with Crippen molar-refractivity contribution < 1.29 is 13.6 Å². The lowest BCUT2D eigenvalue weighted by molar-refractivity contribution is -0.121. The second-order valence-electron chi connectivity index (χ2n) is 4.34. The molecule has 1 N–H and O–H groups in total. The van der Waals surface area contributed by atoms with Crippen LogP contribution in [0, 0.1) is 11.6 Å². The van der Waals surface area contributed by atoms with Gasteiger partial charge in [-0.25, -0.2) is 8.78 Å². The Morgan fingerprint density at radius 1 is 1.39 bits per heavy atom. The van der Waals surface area contributed by atoms with Crippen LogP contribution < -0.4 is 10.2 Å². The molecular formula is C13H16F2N2O. The summed E-state index contributed by atoms with van der Waals surface area (Å²) in [6, 6.07) is 3.33. The molecule has 1 aromatic carbocycles. The lowest BCUT2D eigenvalue weighted by atomic mass is 10.0. The maximum atomic E-state index is 13.2. The molecule has 1 saturated heterocycles. The quantitative estimate of drug-likeness (QED) is 0.895. The Kier molecular flexibility index (Phi) is 3.91. The van der Waals surface area contributed by atoms with Gasteiger partial charge in [-0.1, -0.05) is 6.92 Å². The summed E-state index contributed by atoms with van der Waals surface area (Å²) in [4.78, 5) is 13.7. The van der Waals surface area contributed by atoms with E-state index in [0.717, 1.165) is 25.0 Å². The van der Waals surface area contributed by atoms with Gasteiger partial charge in [0, 0.05) is 18.3 Å². The highest BCUT2D eigenvalue weighted by atomic mass is 19.2. The van der Waals surface area contributed by atoms with E-state index in [1.165, 1.54) is 11.0 Å². The van der Waals surface area contributed by atoms with E-state index in [0.29, 0.717) is 18.8 Å². The molecule has 3 nitrogen and oxygen atoms in total. The van der Waals surface area contributed by atoms with E-state index in [1.807, 2.05) is 6.92 Å². The molecule has 1 atom stereocenters. The van der Waals surface area contributed by atoms with E-state index >= 15 is 0 Å². The summed E-state index contributed by atoms with van der Waals surface area (Å²) >= 11 is 0. The zero-order valence-electron chi connectivity index (χ0n) is 10.2. The van der Waals surface area contributed by atoms with Crippen molar-refractivity contribution in [1.82, 2.24) is 5.32 Å². The molecule has 0 spiro atoms. The number of amides is 1. The number of anilines is 1. The molecule has 0 saturated carbocycles. The van der Waals surface area contributed by atoms with Crippen LogP contribution in [-0.4, -0.2) is 25.0 Å².